The number of aromatic hydroxyl groups is 1. The predicted octanol–water partition coefficient (Wildman–Crippen LogP) is 3.76. The van der Waals surface area contributed by atoms with E-state index in [0.717, 1.165) is 5.39 Å². The molecule has 14 heavy (non-hydrogen) atoms. The highest BCUT2D eigenvalue weighted by atomic mass is 32.1. The van der Waals surface area contributed by atoms with Gasteiger partial charge in [-0.1, -0.05) is 24.3 Å². The highest BCUT2D eigenvalue weighted by Crippen LogP contribution is 2.31. The van der Waals surface area contributed by atoms with E-state index in [1.807, 2.05) is 12.1 Å². The monoisotopic (exact) mass is 200 g/mol. The molecule has 0 atom stereocenters. The second-order valence-electron chi connectivity index (χ2n) is 3.31. The van der Waals surface area contributed by atoms with E-state index >= 15 is 0 Å². The van der Waals surface area contributed by atoms with Crippen molar-refractivity contribution in [2.45, 2.75) is 0 Å². The number of hydrogen-bond acceptors (Lipinski definition) is 2. The zero-order chi connectivity index (χ0) is 9.54. The van der Waals surface area contributed by atoms with Crippen molar-refractivity contribution in [3.63, 3.8) is 0 Å². The highest BCUT2D eigenvalue weighted by molar-refractivity contribution is 7.16. The lowest BCUT2D eigenvalue weighted by atomic mass is 10.1. The molecule has 3 aromatic rings. The molecule has 0 aliphatic heterocycles. The molecule has 0 amide bonds. The molecule has 2 aromatic carbocycles. The number of fused-ring (bicyclic) bond motifs is 3. The van der Waals surface area contributed by atoms with Crippen LogP contribution in [0.1, 0.15) is 0 Å². The predicted molar refractivity (Wildman–Crippen MR) is 61.0 cm³/mol. The van der Waals surface area contributed by atoms with E-state index in [4.69, 9.17) is 0 Å². The number of benzene rings is 1. The van der Waals surface area contributed by atoms with Crippen LogP contribution in [-0.4, -0.2) is 5.11 Å². The molecule has 0 spiro atoms. The SMILES string of the molecule is Oc1csc2ccc3cccc3c2c1. The maximum absolute atomic E-state index is 9.44. The molecule has 1 aromatic heterocycles. The first-order valence-electron chi connectivity index (χ1n) is 4.43. The van der Waals surface area contributed by atoms with Gasteiger partial charge in [-0.05, 0) is 22.9 Å². The van der Waals surface area contributed by atoms with E-state index in [1.54, 1.807) is 16.7 Å². The van der Waals surface area contributed by atoms with Gasteiger partial charge in [-0.2, -0.15) is 0 Å². The van der Waals surface area contributed by atoms with Gasteiger partial charge >= 0.3 is 0 Å². The molecule has 0 saturated heterocycles. The minimum absolute atomic E-state index is 0.344. The lowest BCUT2D eigenvalue weighted by Gasteiger charge is -1.99. The van der Waals surface area contributed by atoms with Crippen molar-refractivity contribution in [2.75, 3.05) is 0 Å². The first-order chi connectivity index (χ1) is 6.84. The average molecular weight is 200 g/mol. The molecule has 1 heterocycles. The maximum atomic E-state index is 9.44. The first kappa shape index (κ1) is 7.83. The van der Waals surface area contributed by atoms with Crippen LogP contribution >= 0.6 is 11.3 Å². The minimum atomic E-state index is 0.344. The molecule has 0 aliphatic rings. The van der Waals surface area contributed by atoms with Gasteiger partial charge < -0.3 is 5.11 Å². The van der Waals surface area contributed by atoms with E-state index in [1.165, 1.54) is 15.5 Å². The van der Waals surface area contributed by atoms with Crippen molar-refractivity contribution in [3.8, 4) is 5.75 Å². The van der Waals surface area contributed by atoms with Gasteiger partial charge in [0, 0.05) is 15.5 Å². The van der Waals surface area contributed by atoms with Crippen molar-refractivity contribution in [3.05, 3.63) is 41.8 Å². The van der Waals surface area contributed by atoms with Crippen LogP contribution in [0.25, 0.3) is 20.9 Å². The van der Waals surface area contributed by atoms with Gasteiger partial charge in [0.15, 0.2) is 0 Å². The molecule has 0 radical (unpaired) electrons. The molecule has 0 aliphatic carbocycles. The summed E-state index contributed by atoms with van der Waals surface area (Å²) < 4.78 is 1.21. The van der Waals surface area contributed by atoms with E-state index in [0.29, 0.717) is 5.75 Å². The fourth-order valence-corrected chi connectivity index (χ4v) is 2.53. The largest absolute Gasteiger partial charge is 0.507 e. The molecule has 0 saturated carbocycles. The van der Waals surface area contributed by atoms with Crippen LogP contribution in [-0.2, 0) is 0 Å². The third-order valence-electron chi connectivity index (χ3n) is 2.42. The van der Waals surface area contributed by atoms with Gasteiger partial charge in [-0.3, -0.25) is 0 Å². The topological polar surface area (TPSA) is 20.2 Å². The van der Waals surface area contributed by atoms with Crippen LogP contribution in [0, 0.1) is 0 Å². The van der Waals surface area contributed by atoms with Gasteiger partial charge in [0.2, 0.25) is 0 Å². The molecule has 0 unspecified atom stereocenters. The van der Waals surface area contributed by atoms with Crippen molar-refractivity contribution in [1.29, 1.82) is 0 Å². The van der Waals surface area contributed by atoms with Gasteiger partial charge in [-0.15, -0.1) is 11.3 Å². The highest BCUT2D eigenvalue weighted by Gasteiger charge is 2.01. The molecule has 0 bridgehead atoms. The summed E-state index contributed by atoms with van der Waals surface area (Å²) in [6.45, 7) is 0. The third-order valence-corrected chi connectivity index (χ3v) is 3.39. The first-order valence-corrected chi connectivity index (χ1v) is 5.31. The number of rotatable bonds is 0. The summed E-state index contributed by atoms with van der Waals surface area (Å²) in [5.41, 5.74) is 0. The Balaban J connectivity index is 2.60. The summed E-state index contributed by atoms with van der Waals surface area (Å²) in [5.74, 6) is 0.344. The second kappa shape index (κ2) is 2.72. The Kier molecular flexibility index (Phi) is 1.52. The zero-order valence-electron chi connectivity index (χ0n) is 7.40. The molecule has 1 nitrogen and oxygen atoms in total. The van der Waals surface area contributed by atoms with Crippen LogP contribution in [0.15, 0.2) is 41.8 Å². The normalized spacial score (nSPS) is 11.1. The number of hydrogen-bond donors (Lipinski definition) is 1. The fourth-order valence-electron chi connectivity index (χ4n) is 1.77. The van der Waals surface area contributed by atoms with Crippen molar-refractivity contribution in [2.24, 2.45) is 0 Å². The lowest BCUT2D eigenvalue weighted by molar-refractivity contribution is 0.478. The smallest absolute Gasteiger partial charge is 0.126 e. The van der Waals surface area contributed by atoms with Crippen LogP contribution < -0.4 is 0 Å². The van der Waals surface area contributed by atoms with Gasteiger partial charge in [0.05, 0.1) is 0 Å². The molecule has 68 valence electrons. The Morgan fingerprint density at radius 2 is 1.93 bits per heavy atom. The van der Waals surface area contributed by atoms with E-state index in [-0.39, 0.29) is 0 Å². The lowest BCUT2D eigenvalue weighted by Crippen LogP contribution is -1.70. The Morgan fingerprint density at radius 1 is 1.00 bits per heavy atom. The molecule has 0 fully saturated rings. The van der Waals surface area contributed by atoms with E-state index < -0.39 is 0 Å². The maximum Gasteiger partial charge on any atom is 0.126 e. The minimum Gasteiger partial charge on any atom is -0.507 e. The van der Waals surface area contributed by atoms with Crippen LogP contribution in [0.3, 0.4) is 0 Å². The molecular formula is C12H8OS. The van der Waals surface area contributed by atoms with Crippen LogP contribution in [0.2, 0.25) is 0 Å². The second-order valence-corrected chi connectivity index (χ2v) is 4.22. The summed E-state index contributed by atoms with van der Waals surface area (Å²) in [5, 5.41) is 14.8. The fraction of sp³-hybridized carbons (Fsp3) is 0. The van der Waals surface area contributed by atoms with Crippen molar-refractivity contribution < 1.29 is 5.11 Å². The molecular weight excluding hydrogens is 192 g/mol. The molecule has 1 N–H and O–H groups in total. The quantitative estimate of drug-likeness (QED) is 0.585. The van der Waals surface area contributed by atoms with E-state index in [2.05, 4.69) is 24.3 Å². The van der Waals surface area contributed by atoms with Gasteiger partial charge in [-0.25, -0.2) is 0 Å². The van der Waals surface area contributed by atoms with Gasteiger partial charge in [0.25, 0.3) is 0 Å². The Hall–Kier alpha value is -1.54. The third kappa shape index (κ3) is 1.01. The Bertz CT molecular complexity index is 610. The Morgan fingerprint density at radius 3 is 2.86 bits per heavy atom. The Labute approximate surface area is 85.2 Å². The summed E-state index contributed by atoms with van der Waals surface area (Å²) in [7, 11) is 0. The van der Waals surface area contributed by atoms with Gasteiger partial charge in [0.1, 0.15) is 5.75 Å². The van der Waals surface area contributed by atoms with Crippen LogP contribution in [0.5, 0.6) is 5.75 Å². The average Bonchev–Trinajstić information content (AvgIpc) is 2.65. The summed E-state index contributed by atoms with van der Waals surface area (Å²) in [6, 6.07) is 12.3. The summed E-state index contributed by atoms with van der Waals surface area (Å²) >= 11 is 1.57. The summed E-state index contributed by atoms with van der Waals surface area (Å²) in [4.78, 5) is 0. The summed E-state index contributed by atoms with van der Waals surface area (Å²) in [6.07, 6.45) is 0. The van der Waals surface area contributed by atoms with Crippen molar-refractivity contribution in [1.82, 2.24) is 0 Å². The standard InChI is InChI=1S/C12H8OS/c13-9-6-11-10-3-1-2-8(10)4-5-12(11)14-7-9/h1-7,13H. The van der Waals surface area contributed by atoms with Crippen molar-refractivity contribution >= 4 is 32.2 Å². The molecule has 2 heteroatoms. The van der Waals surface area contributed by atoms with E-state index in [9.17, 15) is 5.11 Å². The van der Waals surface area contributed by atoms with Crippen LogP contribution in [0.4, 0.5) is 0 Å². The molecule has 3 rings (SSSR count). The zero-order valence-corrected chi connectivity index (χ0v) is 8.21.